The molecular formula is C26H27FN4O2. The van der Waals surface area contributed by atoms with E-state index in [2.05, 4.69) is 15.2 Å². The highest BCUT2D eigenvalue weighted by Crippen LogP contribution is 2.24. The predicted molar refractivity (Wildman–Crippen MR) is 127 cm³/mol. The maximum Gasteiger partial charge on any atom is 0.258 e. The standard InChI is InChI=1S/C26H27FN4O2/c1-2-21(19-8-4-3-5-9-19)26(33)31-16-14-30(15-17-31)24-13-12-20(18-28-24)29-25(32)22-10-6-7-11-23(22)27/h3-13,18,21H,2,14-17H2,1H3,(H,29,32). The summed E-state index contributed by atoms with van der Waals surface area (Å²) in [7, 11) is 0. The van der Waals surface area contributed by atoms with Gasteiger partial charge in [0.25, 0.3) is 5.91 Å². The quantitative estimate of drug-likeness (QED) is 0.613. The van der Waals surface area contributed by atoms with Crippen LogP contribution in [0, 0.1) is 5.82 Å². The zero-order chi connectivity index (χ0) is 23.2. The van der Waals surface area contributed by atoms with Crippen molar-refractivity contribution in [2.24, 2.45) is 0 Å². The summed E-state index contributed by atoms with van der Waals surface area (Å²) in [5.41, 5.74) is 1.54. The summed E-state index contributed by atoms with van der Waals surface area (Å²) in [5, 5.41) is 2.67. The molecule has 3 aromatic rings. The average Bonchev–Trinajstić information content (AvgIpc) is 2.86. The van der Waals surface area contributed by atoms with Gasteiger partial charge in [-0.1, -0.05) is 49.4 Å². The van der Waals surface area contributed by atoms with Crippen LogP contribution in [0.25, 0.3) is 0 Å². The molecule has 1 aliphatic heterocycles. The van der Waals surface area contributed by atoms with Crippen molar-refractivity contribution in [1.29, 1.82) is 0 Å². The lowest BCUT2D eigenvalue weighted by molar-refractivity contribution is -0.133. The smallest absolute Gasteiger partial charge is 0.258 e. The van der Waals surface area contributed by atoms with Crippen LogP contribution in [0.3, 0.4) is 0 Å². The number of hydrogen-bond acceptors (Lipinski definition) is 4. The second kappa shape index (κ2) is 10.3. The van der Waals surface area contributed by atoms with Gasteiger partial charge < -0.3 is 15.1 Å². The van der Waals surface area contributed by atoms with Gasteiger partial charge in [0, 0.05) is 26.2 Å². The summed E-state index contributed by atoms with van der Waals surface area (Å²) in [4.78, 5) is 33.9. The van der Waals surface area contributed by atoms with Gasteiger partial charge in [0.05, 0.1) is 23.4 Å². The number of rotatable bonds is 6. The maximum absolute atomic E-state index is 13.8. The van der Waals surface area contributed by atoms with Gasteiger partial charge in [-0.05, 0) is 36.2 Å². The number of piperazine rings is 1. The van der Waals surface area contributed by atoms with Crippen molar-refractivity contribution in [3.05, 3.63) is 89.9 Å². The Labute approximate surface area is 193 Å². The topological polar surface area (TPSA) is 65.5 Å². The molecule has 0 bridgehead atoms. The van der Waals surface area contributed by atoms with E-state index < -0.39 is 11.7 Å². The van der Waals surface area contributed by atoms with Crippen molar-refractivity contribution in [2.75, 3.05) is 36.4 Å². The first-order valence-electron chi connectivity index (χ1n) is 11.2. The molecule has 2 amide bonds. The van der Waals surface area contributed by atoms with E-state index in [1.165, 1.54) is 12.1 Å². The monoisotopic (exact) mass is 446 g/mol. The van der Waals surface area contributed by atoms with Crippen molar-refractivity contribution >= 4 is 23.3 Å². The van der Waals surface area contributed by atoms with Gasteiger partial charge in [-0.25, -0.2) is 9.37 Å². The third-order valence-corrected chi connectivity index (χ3v) is 5.95. The maximum atomic E-state index is 13.8. The fourth-order valence-corrected chi connectivity index (χ4v) is 4.11. The van der Waals surface area contributed by atoms with Gasteiger partial charge in [-0.15, -0.1) is 0 Å². The zero-order valence-electron chi connectivity index (χ0n) is 18.6. The molecule has 0 spiro atoms. The molecule has 1 fully saturated rings. The lowest BCUT2D eigenvalue weighted by Gasteiger charge is -2.37. The van der Waals surface area contributed by atoms with Crippen LogP contribution in [0.5, 0.6) is 0 Å². The van der Waals surface area contributed by atoms with Crippen LogP contribution in [0.15, 0.2) is 72.9 Å². The van der Waals surface area contributed by atoms with Crippen molar-refractivity contribution < 1.29 is 14.0 Å². The number of anilines is 2. The molecule has 33 heavy (non-hydrogen) atoms. The third kappa shape index (κ3) is 5.19. The van der Waals surface area contributed by atoms with Crippen LogP contribution >= 0.6 is 0 Å². The number of benzene rings is 2. The van der Waals surface area contributed by atoms with E-state index in [4.69, 9.17) is 0 Å². The lowest BCUT2D eigenvalue weighted by atomic mass is 9.95. The van der Waals surface area contributed by atoms with Gasteiger partial charge in [-0.2, -0.15) is 0 Å². The van der Waals surface area contributed by atoms with Crippen LogP contribution in [0.4, 0.5) is 15.9 Å². The Hall–Kier alpha value is -3.74. The first kappa shape index (κ1) is 22.5. The molecule has 1 unspecified atom stereocenters. The van der Waals surface area contributed by atoms with E-state index in [0.717, 1.165) is 17.8 Å². The summed E-state index contributed by atoms with van der Waals surface area (Å²) in [5.74, 6) is -0.250. The van der Waals surface area contributed by atoms with Crippen molar-refractivity contribution in [1.82, 2.24) is 9.88 Å². The van der Waals surface area contributed by atoms with E-state index >= 15 is 0 Å². The number of nitrogens with one attached hydrogen (secondary N) is 1. The Morgan fingerprint density at radius 2 is 1.67 bits per heavy atom. The van der Waals surface area contributed by atoms with Crippen LogP contribution < -0.4 is 10.2 Å². The highest BCUT2D eigenvalue weighted by molar-refractivity contribution is 6.04. The molecule has 2 aromatic carbocycles. The summed E-state index contributed by atoms with van der Waals surface area (Å²) >= 11 is 0. The summed E-state index contributed by atoms with van der Waals surface area (Å²) in [6, 6.07) is 19.4. The Balaban J connectivity index is 1.34. The number of amides is 2. The molecule has 1 atom stereocenters. The molecule has 0 aliphatic carbocycles. The number of carbonyl (C=O) groups is 2. The van der Waals surface area contributed by atoms with Gasteiger partial charge in [0.2, 0.25) is 5.91 Å². The zero-order valence-corrected chi connectivity index (χ0v) is 18.6. The summed E-state index contributed by atoms with van der Waals surface area (Å²) in [6.07, 6.45) is 2.33. The van der Waals surface area contributed by atoms with E-state index in [9.17, 15) is 14.0 Å². The van der Waals surface area contributed by atoms with Crippen molar-refractivity contribution in [2.45, 2.75) is 19.3 Å². The Morgan fingerprint density at radius 1 is 0.970 bits per heavy atom. The third-order valence-electron chi connectivity index (χ3n) is 5.95. The van der Waals surface area contributed by atoms with Gasteiger partial charge in [-0.3, -0.25) is 9.59 Å². The number of nitrogens with zero attached hydrogens (tertiary/aromatic N) is 3. The molecule has 6 nitrogen and oxygen atoms in total. The molecule has 1 aromatic heterocycles. The molecule has 7 heteroatoms. The van der Waals surface area contributed by atoms with Crippen LogP contribution in [0.1, 0.15) is 35.2 Å². The first-order valence-corrected chi connectivity index (χ1v) is 11.2. The molecule has 4 rings (SSSR count). The molecule has 1 aliphatic rings. The highest BCUT2D eigenvalue weighted by Gasteiger charge is 2.27. The van der Waals surface area contributed by atoms with Crippen molar-refractivity contribution in [3.63, 3.8) is 0 Å². The molecule has 170 valence electrons. The van der Waals surface area contributed by atoms with Crippen molar-refractivity contribution in [3.8, 4) is 0 Å². The lowest BCUT2D eigenvalue weighted by Crippen LogP contribution is -2.50. The predicted octanol–water partition coefficient (Wildman–Crippen LogP) is 4.32. The van der Waals surface area contributed by atoms with Gasteiger partial charge in [0.15, 0.2) is 0 Å². The fourth-order valence-electron chi connectivity index (χ4n) is 4.11. The minimum absolute atomic E-state index is 0.0109. The summed E-state index contributed by atoms with van der Waals surface area (Å²) < 4.78 is 13.8. The molecule has 0 saturated carbocycles. The molecule has 2 heterocycles. The van der Waals surface area contributed by atoms with Gasteiger partial charge >= 0.3 is 0 Å². The largest absolute Gasteiger partial charge is 0.353 e. The minimum Gasteiger partial charge on any atom is -0.353 e. The summed E-state index contributed by atoms with van der Waals surface area (Å²) in [6.45, 7) is 4.68. The minimum atomic E-state index is -0.565. The van der Waals surface area contributed by atoms with Gasteiger partial charge in [0.1, 0.15) is 11.6 Å². The van der Waals surface area contributed by atoms with Crippen LogP contribution in [0.2, 0.25) is 0 Å². The average molecular weight is 447 g/mol. The Morgan fingerprint density at radius 3 is 2.30 bits per heavy atom. The van der Waals surface area contributed by atoms with Crippen LogP contribution in [-0.2, 0) is 4.79 Å². The molecular weight excluding hydrogens is 419 g/mol. The van der Waals surface area contributed by atoms with E-state index in [1.807, 2.05) is 48.2 Å². The number of halogens is 1. The first-order chi connectivity index (χ1) is 16.1. The fraction of sp³-hybridized carbons (Fsp3) is 0.269. The van der Waals surface area contributed by atoms with Crippen LogP contribution in [-0.4, -0.2) is 47.9 Å². The molecule has 1 saturated heterocycles. The molecule has 0 radical (unpaired) electrons. The Bertz CT molecular complexity index is 1100. The SMILES string of the molecule is CCC(C(=O)N1CCN(c2ccc(NC(=O)c3ccccc3F)cn2)CC1)c1ccccc1. The van der Waals surface area contributed by atoms with E-state index in [1.54, 1.807) is 24.4 Å². The normalized spacial score (nSPS) is 14.6. The van der Waals surface area contributed by atoms with E-state index in [-0.39, 0.29) is 17.4 Å². The second-order valence-electron chi connectivity index (χ2n) is 8.02. The molecule has 1 N–H and O–H groups in total. The number of pyridine rings is 1. The number of hydrogen-bond donors (Lipinski definition) is 1. The highest BCUT2D eigenvalue weighted by atomic mass is 19.1. The number of aromatic nitrogens is 1. The Kier molecular flexibility index (Phi) is 6.98. The second-order valence-corrected chi connectivity index (χ2v) is 8.02. The number of carbonyl (C=O) groups excluding carboxylic acids is 2. The van der Waals surface area contributed by atoms with E-state index in [0.29, 0.717) is 31.9 Å².